The molecule has 2 heterocycles. The topological polar surface area (TPSA) is 66.9 Å². The van der Waals surface area contributed by atoms with Crippen molar-refractivity contribution in [2.24, 2.45) is 0 Å². The molecule has 0 atom stereocenters. The molecule has 1 aromatic heterocycles. The second-order valence-corrected chi connectivity index (χ2v) is 9.45. The van der Waals surface area contributed by atoms with Crippen LogP contribution in [0.1, 0.15) is 6.92 Å². The number of hydrogen-bond donors (Lipinski definition) is 1. The molecule has 1 aliphatic heterocycles. The number of benzene rings is 2. The lowest BCUT2D eigenvalue weighted by Gasteiger charge is -2.34. The number of thiazole rings is 1. The van der Waals surface area contributed by atoms with Crippen molar-refractivity contribution in [3.05, 3.63) is 46.4 Å². The molecular weight excluding hydrogens is 483 g/mol. The molecule has 33 heavy (non-hydrogen) atoms. The van der Waals surface area contributed by atoms with Crippen LogP contribution in [0.15, 0.2) is 36.4 Å². The maximum atomic E-state index is 12.1. The average molecular weight is 509 g/mol. The molecule has 10 heteroatoms. The van der Waals surface area contributed by atoms with E-state index in [0.717, 1.165) is 53.8 Å². The zero-order valence-corrected chi connectivity index (χ0v) is 20.7. The van der Waals surface area contributed by atoms with Crippen molar-refractivity contribution in [1.82, 2.24) is 15.2 Å². The van der Waals surface area contributed by atoms with Crippen molar-refractivity contribution >= 4 is 55.8 Å². The number of amides is 1. The van der Waals surface area contributed by atoms with Crippen LogP contribution in [0.25, 0.3) is 10.2 Å². The normalized spacial score (nSPS) is 14.5. The van der Waals surface area contributed by atoms with E-state index in [9.17, 15) is 4.79 Å². The minimum atomic E-state index is -0.180. The number of aromatic nitrogens is 1. The first kappa shape index (κ1) is 23.9. The fraction of sp³-hybridized carbons (Fsp3) is 0.391. The predicted molar refractivity (Wildman–Crippen MR) is 134 cm³/mol. The molecule has 1 amide bonds. The summed E-state index contributed by atoms with van der Waals surface area (Å²) in [6.45, 7) is 7.57. The minimum absolute atomic E-state index is 0.0856. The van der Waals surface area contributed by atoms with Gasteiger partial charge in [0.25, 0.3) is 5.91 Å². The van der Waals surface area contributed by atoms with Crippen LogP contribution in [0.4, 0.5) is 5.13 Å². The van der Waals surface area contributed by atoms with E-state index < -0.39 is 0 Å². The van der Waals surface area contributed by atoms with Crippen LogP contribution >= 0.6 is 34.5 Å². The van der Waals surface area contributed by atoms with Crippen molar-refractivity contribution < 1.29 is 14.3 Å². The van der Waals surface area contributed by atoms with Crippen LogP contribution in [0, 0.1) is 0 Å². The van der Waals surface area contributed by atoms with E-state index in [1.807, 2.05) is 19.1 Å². The molecule has 0 bridgehead atoms. The smallest absolute Gasteiger partial charge is 0.257 e. The van der Waals surface area contributed by atoms with Gasteiger partial charge >= 0.3 is 0 Å². The van der Waals surface area contributed by atoms with Gasteiger partial charge in [0.2, 0.25) is 0 Å². The fourth-order valence-corrected chi connectivity index (χ4v) is 5.10. The lowest BCUT2D eigenvalue weighted by Crippen LogP contribution is -2.48. The van der Waals surface area contributed by atoms with E-state index in [1.165, 1.54) is 0 Å². The molecule has 1 aliphatic rings. The van der Waals surface area contributed by atoms with Gasteiger partial charge in [-0.15, -0.1) is 0 Å². The number of anilines is 1. The Morgan fingerprint density at radius 2 is 1.94 bits per heavy atom. The van der Waals surface area contributed by atoms with Gasteiger partial charge in [0, 0.05) is 44.3 Å². The van der Waals surface area contributed by atoms with E-state index in [1.54, 1.807) is 29.5 Å². The quantitative estimate of drug-likeness (QED) is 0.464. The lowest BCUT2D eigenvalue weighted by molar-refractivity contribution is -0.123. The molecule has 4 rings (SSSR count). The van der Waals surface area contributed by atoms with Crippen LogP contribution in [0.3, 0.4) is 0 Å². The number of carbonyl (C=O) groups excluding carboxylic acids is 1. The third-order valence-corrected chi connectivity index (χ3v) is 6.91. The first-order chi connectivity index (χ1) is 16.0. The average Bonchev–Trinajstić information content (AvgIpc) is 3.23. The highest BCUT2D eigenvalue weighted by molar-refractivity contribution is 7.22. The molecule has 0 radical (unpaired) electrons. The van der Waals surface area contributed by atoms with Gasteiger partial charge in [0.15, 0.2) is 11.7 Å². The Hall–Kier alpha value is -2.26. The number of rotatable bonds is 9. The summed E-state index contributed by atoms with van der Waals surface area (Å²) < 4.78 is 12.2. The largest absolute Gasteiger partial charge is 0.494 e. The van der Waals surface area contributed by atoms with E-state index >= 15 is 0 Å². The molecule has 0 aliphatic carbocycles. The first-order valence-corrected chi connectivity index (χ1v) is 12.4. The number of carbonyl (C=O) groups is 1. The van der Waals surface area contributed by atoms with E-state index in [0.29, 0.717) is 28.9 Å². The maximum absolute atomic E-state index is 12.1. The summed E-state index contributed by atoms with van der Waals surface area (Å²) in [5.41, 5.74) is 1.01. The van der Waals surface area contributed by atoms with Crippen LogP contribution in [-0.2, 0) is 4.79 Å². The lowest BCUT2D eigenvalue weighted by atomic mass is 10.3. The second kappa shape index (κ2) is 11.2. The highest BCUT2D eigenvalue weighted by Gasteiger charge is 2.20. The minimum Gasteiger partial charge on any atom is -0.494 e. The van der Waals surface area contributed by atoms with E-state index in [2.05, 4.69) is 21.2 Å². The van der Waals surface area contributed by atoms with Gasteiger partial charge in [0.05, 0.1) is 21.8 Å². The van der Waals surface area contributed by atoms with Gasteiger partial charge in [0.1, 0.15) is 11.5 Å². The monoisotopic (exact) mass is 508 g/mol. The summed E-state index contributed by atoms with van der Waals surface area (Å²) in [6, 6.07) is 11.0. The third kappa shape index (κ3) is 6.41. The van der Waals surface area contributed by atoms with Gasteiger partial charge in [-0.3, -0.25) is 9.69 Å². The van der Waals surface area contributed by atoms with Gasteiger partial charge < -0.3 is 19.7 Å². The van der Waals surface area contributed by atoms with Crippen LogP contribution in [0.2, 0.25) is 10.0 Å². The summed E-state index contributed by atoms with van der Waals surface area (Å²) in [5, 5.41) is 4.85. The number of halogens is 2. The zero-order chi connectivity index (χ0) is 23.2. The number of ether oxygens (including phenoxy) is 2. The summed E-state index contributed by atoms with van der Waals surface area (Å²) in [7, 11) is 0. The van der Waals surface area contributed by atoms with Gasteiger partial charge in [-0.05, 0) is 43.3 Å². The zero-order valence-electron chi connectivity index (χ0n) is 18.4. The summed E-state index contributed by atoms with van der Waals surface area (Å²) >= 11 is 13.6. The van der Waals surface area contributed by atoms with E-state index in [4.69, 9.17) is 37.7 Å². The molecule has 176 valence electrons. The van der Waals surface area contributed by atoms with Crippen LogP contribution in [0.5, 0.6) is 11.5 Å². The summed E-state index contributed by atoms with van der Waals surface area (Å²) in [5.74, 6) is 1.14. The van der Waals surface area contributed by atoms with Gasteiger partial charge in [-0.2, -0.15) is 0 Å². The molecule has 1 N–H and O–H groups in total. The van der Waals surface area contributed by atoms with Gasteiger partial charge in [-0.25, -0.2) is 4.98 Å². The summed E-state index contributed by atoms with van der Waals surface area (Å²) in [6.07, 6.45) is 0. The summed E-state index contributed by atoms with van der Waals surface area (Å²) in [4.78, 5) is 21.5. The molecule has 0 spiro atoms. The second-order valence-electron chi connectivity index (χ2n) is 7.60. The number of fused-ring (bicyclic) bond motifs is 1. The van der Waals surface area contributed by atoms with Crippen molar-refractivity contribution in [3.8, 4) is 11.5 Å². The van der Waals surface area contributed by atoms with Crippen LogP contribution in [-0.4, -0.2) is 68.3 Å². The van der Waals surface area contributed by atoms with Gasteiger partial charge in [-0.1, -0.05) is 34.5 Å². The molecule has 2 aromatic carbocycles. The van der Waals surface area contributed by atoms with Crippen molar-refractivity contribution in [1.29, 1.82) is 0 Å². The third-order valence-electron chi connectivity index (χ3n) is 5.31. The molecular formula is C23H26Cl2N4O3S. The Bertz CT molecular complexity index is 1100. The Balaban J connectivity index is 1.18. The predicted octanol–water partition coefficient (Wildman–Crippen LogP) is 4.32. The molecule has 1 saturated heterocycles. The molecule has 0 unspecified atom stereocenters. The van der Waals surface area contributed by atoms with E-state index in [-0.39, 0.29) is 12.5 Å². The Morgan fingerprint density at radius 3 is 2.70 bits per heavy atom. The maximum Gasteiger partial charge on any atom is 0.257 e. The highest BCUT2D eigenvalue weighted by Crippen LogP contribution is 2.32. The number of hydrogen-bond acceptors (Lipinski definition) is 7. The van der Waals surface area contributed by atoms with Crippen molar-refractivity contribution in [2.45, 2.75) is 6.92 Å². The van der Waals surface area contributed by atoms with Crippen molar-refractivity contribution in [2.75, 3.05) is 57.4 Å². The van der Waals surface area contributed by atoms with Crippen LogP contribution < -0.4 is 19.7 Å². The Morgan fingerprint density at radius 1 is 1.12 bits per heavy atom. The number of piperazine rings is 1. The highest BCUT2D eigenvalue weighted by atomic mass is 35.5. The fourth-order valence-electron chi connectivity index (χ4n) is 3.59. The SMILES string of the molecule is CCOc1ccc2nc(N3CCN(CCNC(=O)COc4ccc(Cl)cc4Cl)CC3)sc2c1. The number of nitrogens with one attached hydrogen (secondary N) is 1. The Labute approximate surface area is 207 Å². The molecule has 0 saturated carbocycles. The first-order valence-electron chi connectivity index (χ1n) is 10.9. The molecule has 3 aromatic rings. The standard InChI is InChI=1S/C23H26Cl2N4O3S/c1-2-31-17-4-5-19-21(14-17)33-23(27-19)29-11-9-28(10-12-29)8-7-26-22(30)15-32-20-6-3-16(24)13-18(20)25/h3-6,13-14H,2,7-12,15H2,1H3,(H,26,30). The Kier molecular flexibility index (Phi) is 8.14. The molecule has 1 fully saturated rings. The molecule has 7 nitrogen and oxygen atoms in total. The van der Waals surface area contributed by atoms with Crippen molar-refractivity contribution in [3.63, 3.8) is 0 Å². The number of nitrogens with zero attached hydrogens (tertiary/aromatic N) is 3.